The lowest BCUT2D eigenvalue weighted by Gasteiger charge is -2.38. The van der Waals surface area contributed by atoms with Gasteiger partial charge < -0.3 is 24.4 Å². The summed E-state index contributed by atoms with van der Waals surface area (Å²) in [5.41, 5.74) is -0.607. The van der Waals surface area contributed by atoms with Gasteiger partial charge in [-0.25, -0.2) is 0 Å². The summed E-state index contributed by atoms with van der Waals surface area (Å²) in [4.78, 5) is 0. The summed E-state index contributed by atoms with van der Waals surface area (Å²) in [5, 5.41) is 19.5. The summed E-state index contributed by atoms with van der Waals surface area (Å²) in [6.07, 6.45) is -0.240. The molecule has 6 unspecified atom stereocenters. The van der Waals surface area contributed by atoms with E-state index in [0.717, 1.165) is 6.42 Å². The second-order valence-corrected chi connectivity index (χ2v) is 4.81. The fourth-order valence-electron chi connectivity index (χ4n) is 3.38. The van der Waals surface area contributed by atoms with Crippen molar-refractivity contribution in [2.45, 2.75) is 37.4 Å². The topological polar surface area (TPSA) is 71.5 Å². The Labute approximate surface area is 94.3 Å². The van der Waals surface area contributed by atoms with Crippen molar-refractivity contribution in [3.63, 3.8) is 0 Å². The summed E-state index contributed by atoms with van der Waals surface area (Å²) >= 11 is 0. The minimum atomic E-state index is -0.607. The first-order valence-corrected chi connectivity index (χ1v) is 5.94. The predicted molar refractivity (Wildman–Crippen MR) is 53.7 cm³/mol. The van der Waals surface area contributed by atoms with Crippen LogP contribution in [-0.2, 0) is 14.2 Å². The van der Waals surface area contributed by atoms with E-state index in [0.29, 0.717) is 13.2 Å². The molecule has 0 aromatic heterocycles. The van der Waals surface area contributed by atoms with E-state index in [2.05, 4.69) is 0 Å². The Morgan fingerprint density at radius 2 is 2.31 bits per heavy atom. The van der Waals surface area contributed by atoms with Crippen LogP contribution in [-0.4, -0.2) is 54.1 Å². The second kappa shape index (κ2) is 3.65. The van der Waals surface area contributed by atoms with E-state index in [1.54, 1.807) is 0 Å². The van der Waals surface area contributed by atoms with E-state index >= 15 is 0 Å². The lowest BCUT2D eigenvalue weighted by Crippen LogP contribution is -2.46. The molecular formula is C11H18O5. The largest absolute Gasteiger partial charge is 0.393 e. The number of ether oxygens (including phenoxy) is 3. The minimum Gasteiger partial charge on any atom is -0.393 e. The Morgan fingerprint density at radius 1 is 1.50 bits per heavy atom. The van der Waals surface area contributed by atoms with Gasteiger partial charge in [0.05, 0.1) is 19.3 Å². The van der Waals surface area contributed by atoms with Gasteiger partial charge in [-0.05, 0) is 13.3 Å². The smallest absolute Gasteiger partial charge is 0.163 e. The first kappa shape index (κ1) is 10.9. The Bertz CT molecular complexity index is 282. The molecule has 0 aromatic carbocycles. The fraction of sp³-hybridized carbons (Fsp3) is 1.00. The van der Waals surface area contributed by atoms with Crippen molar-refractivity contribution in [2.24, 2.45) is 11.8 Å². The van der Waals surface area contributed by atoms with Crippen LogP contribution >= 0.6 is 0 Å². The van der Waals surface area contributed by atoms with Gasteiger partial charge in [-0.15, -0.1) is 0 Å². The van der Waals surface area contributed by atoms with Crippen molar-refractivity contribution in [1.29, 1.82) is 0 Å². The Hall–Kier alpha value is -0.200. The molecule has 0 spiro atoms. The van der Waals surface area contributed by atoms with Crippen molar-refractivity contribution in [3.05, 3.63) is 0 Å². The molecule has 0 radical (unpaired) electrons. The summed E-state index contributed by atoms with van der Waals surface area (Å²) in [6.45, 7) is 3.02. The normalized spacial score (nSPS) is 54.6. The van der Waals surface area contributed by atoms with Gasteiger partial charge >= 0.3 is 0 Å². The van der Waals surface area contributed by atoms with Crippen LogP contribution in [0.3, 0.4) is 0 Å². The molecule has 1 saturated carbocycles. The van der Waals surface area contributed by atoms with Crippen molar-refractivity contribution < 1.29 is 24.4 Å². The standard InChI is InChI=1S/C11H18O5/c1-2-14-10-7-6(3-4-15-10)8(13)9-11(7,5-12)16-9/h6-10,12-13H,2-5H2,1H3. The van der Waals surface area contributed by atoms with Crippen LogP contribution in [0.2, 0.25) is 0 Å². The maximum atomic E-state index is 10.1. The van der Waals surface area contributed by atoms with Crippen molar-refractivity contribution >= 4 is 0 Å². The second-order valence-electron chi connectivity index (χ2n) is 4.81. The number of rotatable bonds is 3. The van der Waals surface area contributed by atoms with Crippen LogP contribution in [0.25, 0.3) is 0 Å². The average Bonchev–Trinajstić information content (AvgIpc) is 2.99. The first-order valence-electron chi connectivity index (χ1n) is 5.94. The van der Waals surface area contributed by atoms with Crippen molar-refractivity contribution in [3.8, 4) is 0 Å². The molecule has 0 aromatic rings. The third kappa shape index (κ3) is 1.23. The molecule has 5 heteroatoms. The molecule has 2 aliphatic heterocycles. The van der Waals surface area contributed by atoms with Crippen molar-refractivity contribution in [2.75, 3.05) is 19.8 Å². The molecule has 2 saturated heterocycles. The number of fused-ring (bicyclic) bond motifs is 3. The molecule has 0 bridgehead atoms. The maximum absolute atomic E-state index is 10.1. The lowest BCUT2D eigenvalue weighted by atomic mass is 9.83. The van der Waals surface area contributed by atoms with Gasteiger partial charge in [0.15, 0.2) is 6.29 Å². The van der Waals surface area contributed by atoms with Gasteiger partial charge in [0.25, 0.3) is 0 Å². The zero-order chi connectivity index (χ0) is 11.3. The van der Waals surface area contributed by atoms with Gasteiger partial charge in [-0.1, -0.05) is 0 Å². The van der Waals surface area contributed by atoms with Gasteiger partial charge in [-0.3, -0.25) is 0 Å². The van der Waals surface area contributed by atoms with Crippen LogP contribution in [0.15, 0.2) is 0 Å². The van der Waals surface area contributed by atoms with E-state index in [1.165, 1.54) is 0 Å². The quantitative estimate of drug-likeness (QED) is 0.640. The van der Waals surface area contributed by atoms with Gasteiger partial charge in [-0.2, -0.15) is 0 Å². The Kier molecular flexibility index (Phi) is 2.49. The number of aliphatic hydroxyl groups is 2. The minimum absolute atomic E-state index is 0.0359. The van der Waals surface area contributed by atoms with E-state index in [1.807, 2.05) is 6.92 Å². The lowest BCUT2D eigenvalue weighted by molar-refractivity contribution is -0.228. The van der Waals surface area contributed by atoms with Crippen LogP contribution in [0.1, 0.15) is 13.3 Å². The zero-order valence-corrected chi connectivity index (χ0v) is 9.33. The molecule has 3 fully saturated rings. The summed E-state index contributed by atoms with van der Waals surface area (Å²) in [6, 6.07) is 0. The van der Waals surface area contributed by atoms with Gasteiger partial charge in [0.2, 0.25) is 0 Å². The number of aliphatic hydroxyl groups excluding tert-OH is 2. The summed E-state index contributed by atoms with van der Waals surface area (Å²) in [5.74, 6) is 0.0994. The number of hydrogen-bond donors (Lipinski definition) is 2. The first-order chi connectivity index (χ1) is 7.74. The highest BCUT2D eigenvalue weighted by Crippen LogP contribution is 2.59. The summed E-state index contributed by atoms with van der Waals surface area (Å²) < 4.78 is 16.6. The Balaban J connectivity index is 1.85. The summed E-state index contributed by atoms with van der Waals surface area (Å²) in [7, 11) is 0. The highest BCUT2D eigenvalue weighted by molar-refractivity contribution is 5.21. The maximum Gasteiger partial charge on any atom is 0.163 e. The molecule has 0 amide bonds. The molecule has 16 heavy (non-hydrogen) atoms. The fourth-order valence-corrected chi connectivity index (χ4v) is 3.38. The van der Waals surface area contributed by atoms with Gasteiger partial charge in [0, 0.05) is 18.4 Å². The Morgan fingerprint density at radius 3 is 3.00 bits per heavy atom. The van der Waals surface area contributed by atoms with Crippen LogP contribution in [0, 0.1) is 11.8 Å². The van der Waals surface area contributed by atoms with Crippen molar-refractivity contribution in [1.82, 2.24) is 0 Å². The van der Waals surface area contributed by atoms with E-state index in [9.17, 15) is 10.2 Å². The zero-order valence-electron chi connectivity index (χ0n) is 9.33. The molecule has 92 valence electrons. The predicted octanol–water partition coefficient (Wildman–Crippen LogP) is -0.494. The molecule has 5 nitrogen and oxygen atoms in total. The third-order valence-electron chi connectivity index (χ3n) is 4.15. The van der Waals surface area contributed by atoms with E-state index < -0.39 is 11.7 Å². The third-order valence-corrected chi connectivity index (χ3v) is 4.15. The van der Waals surface area contributed by atoms with E-state index in [4.69, 9.17) is 14.2 Å². The van der Waals surface area contributed by atoms with Gasteiger partial charge in [0.1, 0.15) is 11.7 Å². The van der Waals surface area contributed by atoms with E-state index in [-0.39, 0.29) is 30.8 Å². The number of hydrogen-bond acceptors (Lipinski definition) is 5. The molecular weight excluding hydrogens is 212 g/mol. The average molecular weight is 230 g/mol. The molecule has 3 aliphatic rings. The molecule has 6 atom stereocenters. The highest BCUT2D eigenvalue weighted by atomic mass is 16.7. The SMILES string of the molecule is CCOC1OCCC2C(O)C3OC3(CO)C12. The molecule has 1 aliphatic carbocycles. The number of epoxide rings is 1. The highest BCUT2D eigenvalue weighted by Gasteiger charge is 2.75. The van der Waals surface area contributed by atoms with Crippen LogP contribution in [0.4, 0.5) is 0 Å². The molecule has 2 N–H and O–H groups in total. The molecule has 2 heterocycles. The van der Waals surface area contributed by atoms with Crippen LogP contribution in [0.5, 0.6) is 0 Å². The monoisotopic (exact) mass is 230 g/mol. The molecule has 3 rings (SSSR count). The van der Waals surface area contributed by atoms with Crippen LogP contribution < -0.4 is 0 Å².